The van der Waals surface area contributed by atoms with E-state index in [0.29, 0.717) is 28.3 Å². The minimum atomic E-state index is -1.47. The average Bonchev–Trinajstić information content (AvgIpc) is 3.07. The number of hydrogen-bond acceptors (Lipinski definition) is 2. The first-order chi connectivity index (χ1) is 10.8. The zero-order valence-corrected chi connectivity index (χ0v) is 15.1. The van der Waals surface area contributed by atoms with Crippen LogP contribution in [0.5, 0.6) is 5.75 Å². The van der Waals surface area contributed by atoms with Crippen LogP contribution in [0.2, 0.25) is 5.02 Å². The number of methoxy groups -OCH3 is 1. The Morgan fingerprint density at radius 3 is 2.09 bits per heavy atom. The summed E-state index contributed by atoms with van der Waals surface area (Å²) in [5, 5.41) is 12.3. The third kappa shape index (κ3) is 2.35. The number of alkyl halides is 2. The van der Waals surface area contributed by atoms with E-state index in [1.54, 1.807) is 25.3 Å². The number of halogens is 3. The monoisotopic (exact) mass is 370 g/mol. The molecule has 0 radical (unpaired) electrons. The predicted molar refractivity (Wildman–Crippen MR) is 94.6 cm³/mol. The molecule has 5 heteroatoms. The molecule has 0 saturated heterocycles. The Morgan fingerprint density at radius 2 is 1.57 bits per heavy atom. The maximum absolute atomic E-state index is 11.8. The molecule has 1 N–H and O–H groups in total. The molecule has 2 nitrogen and oxygen atoms in total. The number of rotatable bonds is 4. The molecule has 0 aliphatic heterocycles. The second-order valence-electron chi connectivity index (χ2n) is 6.10. The second-order valence-corrected chi connectivity index (χ2v) is 7.99. The van der Waals surface area contributed by atoms with Gasteiger partial charge in [-0.25, -0.2) is 0 Å². The van der Waals surface area contributed by atoms with Crippen LogP contribution in [0.25, 0.3) is 0 Å². The predicted octanol–water partition coefficient (Wildman–Crippen LogP) is 5.17. The molecule has 122 valence electrons. The largest absolute Gasteiger partial charge is 0.496 e. The van der Waals surface area contributed by atoms with Gasteiger partial charge in [0.1, 0.15) is 15.7 Å². The highest BCUT2D eigenvalue weighted by atomic mass is 35.5. The normalized spacial score (nSPS) is 24.8. The van der Waals surface area contributed by atoms with Gasteiger partial charge in [-0.15, -0.1) is 23.2 Å². The Labute approximate surface area is 150 Å². The minimum absolute atomic E-state index is 0.447. The van der Waals surface area contributed by atoms with E-state index in [1.807, 2.05) is 37.3 Å². The molecule has 0 amide bonds. The van der Waals surface area contributed by atoms with Crippen molar-refractivity contribution in [1.82, 2.24) is 0 Å². The van der Waals surface area contributed by atoms with E-state index in [9.17, 15) is 5.11 Å². The molecule has 2 aromatic rings. The summed E-state index contributed by atoms with van der Waals surface area (Å²) in [5.41, 5.74) is -1.09. The van der Waals surface area contributed by atoms with Crippen molar-refractivity contribution in [3.05, 3.63) is 64.7 Å². The molecule has 2 aromatic carbocycles. The fourth-order valence-corrected chi connectivity index (χ4v) is 4.31. The Bertz CT molecular complexity index is 747. The van der Waals surface area contributed by atoms with Crippen molar-refractivity contribution in [3.8, 4) is 5.75 Å². The molecule has 3 rings (SSSR count). The van der Waals surface area contributed by atoms with E-state index in [1.165, 1.54) is 0 Å². The lowest BCUT2D eigenvalue weighted by Gasteiger charge is -2.38. The Kier molecular flexibility index (Phi) is 4.09. The molecule has 1 aliphatic carbocycles. The van der Waals surface area contributed by atoms with Crippen LogP contribution in [0.1, 0.15) is 24.5 Å². The van der Waals surface area contributed by atoms with Crippen LogP contribution in [-0.2, 0) is 5.60 Å². The van der Waals surface area contributed by atoms with E-state index in [4.69, 9.17) is 39.5 Å². The zero-order valence-electron chi connectivity index (χ0n) is 12.8. The lowest BCUT2D eigenvalue weighted by atomic mass is 9.74. The van der Waals surface area contributed by atoms with E-state index in [-0.39, 0.29) is 0 Å². The highest BCUT2D eigenvalue weighted by Gasteiger charge is 2.74. The van der Waals surface area contributed by atoms with Crippen LogP contribution in [-0.4, -0.2) is 16.5 Å². The standard InChI is InChI=1S/C18H17Cl3O2/c1-16(11-17(16,20)21)18(22,12-7-3-5-9-14(12)19)13-8-4-6-10-15(13)23-2/h3-10,22H,11H2,1-2H3/t16-,18?/m1/s1. The summed E-state index contributed by atoms with van der Waals surface area (Å²) in [4.78, 5) is 0. The van der Waals surface area contributed by atoms with Gasteiger partial charge in [0.05, 0.1) is 7.11 Å². The van der Waals surface area contributed by atoms with Gasteiger partial charge in [0.25, 0.3) is 0 Å². The lowest BCUT2D eigenvalue weighted by molar-refractivity contribution is 0.00644. The summed E-state index contributed by atoms with van der Waals surface area (Å²) >= 11 is 19.2. The van der Waals surface area contributed by atoms with E-state index < -0.39 is 15.3 Å². The molecule has 23 heavy (non-hydrogen) atoms. The van der Waals surface area contributed by atoms with Crippen LogP contribution >= 0.6 is 34.8 Å². The van der Waals surface area contributed by atoms with Gasteiger partial charge in [0, 0.05) is 21.6 Å². The molecule has 0 aromatic heterocycles. The average molecular weight is 372 g/mol. The quantitative estimate of drug-likeness (QED) is 0.751. The second kappa shape index (κ2) is 5.56. The zero-order chi connectivity index (χ0) is 16.9. The summed E-state index contributed by atoms with van der Waals surface area (Å²) in [6, 6.07) is 14.5. The maximum atomic E-state index is 11.8. The van der Waals surface area contributed by atoms with Gasteiger partial charge in [-0.2, -0.15) is 0 Å². The summed E-state index contributed by atoms with van der Waals surface area (Å²) in [6.45, 7) is 1.86. The summed E-state index contributed by atoms with van der Waals surface area (Å²) in [5.74, 6) is 0.562. The van der Waals surface area contributed by atoms with Gasteiger partial charge in [-0.05, 0) is 18.6 Å². The Balaban J connectivity index is 2.31. The smallest absolute Gasteiger partial charge is 0.128 e. The van der Waals surface area contributed by atoms with Crippen molar-refractivity contribution in [2.75, 3.05) is 7.11 Å². The van der Waals surface area contributed by atoms with Crippen LogP contribution in [0, 0.1) is 5.41 Å². The van der Waals surface area contributed by atoms with E-state index >= 15 is 0 Å². The van der Waals surface area contributed by atoms with Crippen molar-refractivity contribution < 1.29 is 9.84 Å². The molecule has 1 unspecified atom stereocenters. The maximum Gasteiger partial charge on any atom is 0.128 e. The third-order valence-corrected chi connectivity index (χ3v) is 6.25. The topological polar surface area (TPSA) is 29.5 Å². The fourth-order valence-electron chi connectivity index (χ4n) is 3.23. The molecule has 1 saturated carbocycles. The third-order valence-electron chi connectivity index (χ3n) is 4.82. The summed E-state index contributed by atoms with van der Waals surface area (Å²) in [6.07, 6.45) is 0.447. The SMILES string of the molecule is COc1ccccc1C(O)(c1ccccc1Cl)[C@]1(C)CC1(Cl)Cl. The summed E-state index contributed by atoms with van der Waals surface area (Å²) < 4.78 is 4.41. The van der Waals surface area contributed by atoms with Crippen LogP contribution in [0.4, 0.5) is 0 Å². The Morgan fingerprint density at radius 1 is 1.04 bits per heavy atom. The van der Waals surface area contributed by atoms with Gasteiger partial charge >= 0.3 is 0 Å². The van der Waals surface area contributed by atoms with Crippen LogP contribution in [0.15, 0.2) is 48.5 Å². The fraction of sp³-hybridized carbons (Fsp3) is 0.333. The van der Waals surface area contributed by atoms with Crippen LogP contribution < -0.4 is 4.74 Å². The molecule has 1 aliphatic rings. The highest BCUT2D eigenvalue weighted by molar-refractivity contribution is 6.51. The number of para-hydroxylation sites is 1. The van der Waals surface area contributed by atoms with Crippen molar-refractivity contribution >= 4 is 34.8 Å². The van der Waals surface area contributed by atoms with E-state index in [2.05, 4.69) is 0 Å². The van der Waals surface area contributed by atoms with E-state index in [0.717, 1.165) is 0 Å². The van der Waals surface area contributed by atoms with Gasteiger partial charge in [-0.1, -0.05) is 54.9 Å². The molecule has 2 atom stereocenters. The number of aliphatic hydroxyl groups is 1. The van der Waals surface area contributed by atoms with Crippen molar-refractivity contribution in [3.63, 3.8) is 0 Å². The molecular formula is C18H17Cl3O2. The van der Waals surface area contributed by atoms with Crippen LogP contribution in [0.3, 0.4) is 0 Å². The highest BCUT2D eigenvalue weighted by Crippen LogP contribution is 2.73. The van der Waals surface area contributed by atoms with Gasteiger partial charge in [0.2, 0.25) is 0 Å². The lowest BCUT2D eigenvalue weighted by Crippen LogP contribution is -2.40. The van der Waals surface area contributed by atoms with Gasteiger partial charge < -0.3 is 9.84 Å². The first-order valence-corrected chi connectivity index (χ1v) is 8.40. The number of benzene rings is 2. The molecule has 0 spiro atoms. The molecular weight excluding hydrogens is 355 g/mol. The first-order valence-electron chi connectivity index (χ1n) is 7.26. The van der Waals surface area contributed by atoms with Crippen molar-refractivity contribution in [2.45, 2.75) is 23.3 Å². The molecule has 1 fully saturated rings. The minimum Gasteiger partial charge on any atom is -0.496 e. The summed E-state index contributed by atoms with van der Waals surface area (Å²) in [7, 11) is 1.57. The Hall–Kier alpha value is -0.930. The number of ether oxygens (including phenoxy) is 1. The van der Waals surface area contributed by atoms with Gasteiger partial charge in [-0.3, -0.25) is 0 Å². The van der Waals surface area contributed by atoms with Crippen molar-refractivity contribution in [2.24, 2.45) is 5.41 Å². The first kappa shape index (κ1) is 16.9. The number of hydrogen-bond donors (Lipinski definition) is 1. The van der Waals surface area contributed by atoms with Crippen molar-refractivity contribution in [1.29, 1.82) is 0 Å². The molecule has 0 bridgehead atoms. The molecule has 0 heterocycles. The van der Waals surface area contributed by atoms with Gasteiger partial charge in [0.15, 0.2) is 0 Å².